The molecule has 2 N–H and O–H groups in total. The normalized spacial score (nSPS) is 12.7. The third-order valence-electron chi connectivity index (χ3n) is 5.08. The summed E-state index contributed by atoms with van der Waals surface area (Å²) < 4.78 is 2.77. The predicted octanol–water partition coefficient (Wildman–Crippen LogP) is 4.18. The van der Waals surface area contributed by atoms with E-state index in [-0.39, 0.29) is 11.8 Å². The number of anilines is 2. The van der Waals surface area contributed by atoms with E-state index in [4.69, 9.17) is 0 Å². The number of nitrogens with zero attached hydrogens (tertiary/aromatic N) is 3. The summed E-state index contributed by atoms with van der Waals surface area (Å²) in [4.78, 5) is 28.8. The summed E-state index contributed by atoms with van der Waals surface area (Å²) in [5.41, 5.74) is 5.02. The summed E-state index contributed by atoms with van der Waals surface area (Å²) in [6.45, 7) is 1.47. The molecule has 2 heterocycles. The Morgan fingerprint density at radius 2 is 1.90 bits per heavy atom. The lowest BCUT2D eigenvalue weighted by atomic mass is 10.2. The molecule has 0 saturated carbocycles. The van der Waals surface area contributed by atoms with Crippen LogP contribution >= 0.6 is 11.3 Å². The fourth-order valence-corrected chi connectivity index (χ4v) is 4.72. The van der Waals surface area contributed by atoms with Crippen LogP contribution in [0.4, 0.5) is 10.8 Å². The van der Waals surface area contributed by atoms with Crippen LogP contribution in [0.3, 0.4) is 0 Å². The Hall–Kier alpha value is -3.52. The number of carbonyl (C=O) groups excluding carboxylic acids is 2. The molecule has 30 heavy (non-hydrogen) atoms. The zero-order chi connectivity index (χ0) is 20.7. The minimum atomic E-state index is -0.246. The number of fused-ring (bicyclic) bond motifs is 2. The Morgan fingerprint density at radius 1 is 1.07 bits per heavy atom. The molecule has 0 unspecified atom stereocenters. The highest BCUT2D eigenvalue weighted by Crippen LogP contribution is 2.31. The van der Waals surface area contributed by atoms with Gasteiger partial charge in [-0.1, -0.05) is 29.5 Å². The fourth-order valence-electron chi connectivity index (χ4n) is 3.82. The van der Waals surface area contributed by atoms with Crippen molar-refractivity contribution < 1.29 is 9.59 Å². The van der Waals surface area contributed by atoms with E-state index in [9.17, 15) is 9.59 Å². The van der Waals surface area contributed by atoms with Gasteiger partial charge in [0, 0.05) is 23.9 Å². The number of rotatable bonds is 4. The molecule has 1 aliphatic carbocycles. The summed E-state index contributed by atoms with van der Waals surface area (Å²) >= 11 is 1.37. The smallest absolute Gasteiger partial charge is 0.278 e. The first kappa shape index (κ1) is 18.5. The number of aromatic nitrogens is 3. The molecule has 2 aromatic carbocycles. The van der Waals surface area contributed by atoms with Crippen LogP contribution in [-0.2, 0) is 17.6 Å². The predicted molar refractivity (Wildman–Crippen MR) is 117 cm³/mol. The number of hydrogen-bond donors (Lipinski definition) is 2. The lowest BCUT2D eigenvalue weighted by Gasteiger charge is -2.04. The molecule has 1 aliphatic rings. The van der Waals surface area contributed by atoms with Crippen LogP contribution in [0.5, 0.6) is 0 Å². The molecule has 4 aromatic rings. The maximum Gasteiger partial charge on any atom is 0.278 e. The third kappa shape index (κ3) is 3.35. The molecular weight excluding hydrogens is 398 g/mol. The van der Waals surface area contributed by atoms with Gasteiger partial charge in [-0.15, -0.1) is 0 Å². The maximum atomic E-state index is 13.0. The van der Waals surface area contributed by atoms with Gasteiger partial charge in [-0.25, -0.2) is 9.67 Å². The topological polar surface area (TPSA) is 88.9 Å². The van der Waals surface area contributed by atoms with Crippen LogP contribution in [0.1, 0.15) is 35.1 Å². The summed E-state index contributed by atoms with van der Waals surface area (Å²) in [6, 6.07) is 15.4. The zero-order valence-electron chi connectivity index (χ0n) is 16.3. The molecule has 0 bridgehead atoms. The number of benzene rings is 2. The van der Waals surface area contributed by atoms with Gasteiger partial charge in [0.2, 0.25) is 5.91 Å². The Morgan fingerprint density at radius 3 is 2.70 bits per heavy atom. The second-order valence-corrected chi connectivity index (χ2v) is 8.24. The van der Waals surface area contributed by atoms with Crippen molar-refractivity contribution in [1.82, 2.24) is 14.8 Å². The van der Waals surface area contributed by atoms with Gasteiger partial charge in [0.25, 0.3) is 5.91 Å². The number of hydrogen-bond acceptors (Lipinski definition) is 5. The second kappa shape index (κ2) is 7.38. The Kier molecular flexibility index (Phi) is 4.55. The minimum absolute atomic E-state index is 0.129. The van der Waals surface area contributed by atoms with Gasteiger partial charge < -0.3 is 5.32 Å². The highest BCUT2D eigenvalue weighted by atomic mass is 32.1. The van der Waals surface area contributed by atoms with Gasteiger partial charge >= 0.3 is 0 Å². The standard InChI is InChI=1S/C22H19N5O2S/c1-13(28)23-14-10-11-17-19(12-14)30-22(24-17)25-21(29)20-16-8-5-9-18(16)27(26-20)15-6-3-2-4-7-15/h2-4,6-7,10-12H,5,8-9H2,1H3,(H,23,28)(H,24,25,29). The van der Waals surface area contributed by atoms with Crippen LogP contribution in [-0.4, -0.2) is 26.6 Å². The van der Waals surface area contributed by atoms with Crippen LogP contribution in [0, 0.1) is 0 Å². The summed E-state index contributed by atoms with van der Waals surface area (Å²) in [7, 11) is 0. The van der Waals surface area contributed by atoms with Gasteiger partial charge in [0.05, 0.1) is 15.9 Å². The molecular formula is C22H19N5O2S. The highest BCUT2D eigenvalue weighted by Gasteiger charge is 2.27. The molecule has 0 aliphatic heterocycles. The van der Waals surface area contributed by atoms with Crippen molar-refractivity contribution in [1.29, 1.82) is 0 Å². The molecule has 0 saturated heterocycles. The molecule has 7 nitrogen and oxygen atoms in total. The second-order valence-electron chi connectivity index (χ2n) is 7.21. The molecule has 0 fully saturated rings. The van der Waals surface area contributed by atoms with Gasteiger partial charge in [-0.2, -0.15) is 5.10 Å². The molecule has 5 rings (SSSR count). The van der Waals surface area contributed by atoms with Crippen molar-refractivity contribution in [2.24, 2.45) is 0 Å². The van der Waals surface area contributed by atoms with Gasteiger partial charge in [0.1, 0.15) is 0 Å². The first-order valence-corrected chi connectivity index (χ1v) is 10.6. The summed E-state index contributed by atoms with van der Waals surface area (Å²) in [5, 5.41) is 10.8. The molecule has 0 radical (unpaired) electrons. The zero-order valence-corrected chi connectivity index (χ0v) is 17.1. The number of para-hydroxylation sites is 1. The monoisotopic (exact) mass is 417 g/mol. The fraction of sp³-hybridized carbons (Fsp3) is 0.182. The van der Waals surface area contributed by atoms with E-state index in [0.717, 1.165) is 46.4 Å². The SMILES string of the molecule is CC(=O)Nc1ccc2nc(NC(=O)c3nn(-c4ccccc4)c4c3CCC4)sc2c1. The van der Waals surface area contributed by atoms with Crippen molar-refractivity contribution >= 4 is 44.2 Å². The molecule has 2 amide bonds. The average molecular weight is 417 g/mol. The minimum Gasteiger partial charge on any atom is -0.326 e. The number of amides is 2. The number of thiazole rings is 1. The van der Waals surface area contributed by atoms with Crippen LogP contribution in [0.15, 0.2) is 48.5 Å². The highest BCUT2D eigenvalue weighted by molar-refractivity contribution is 7.22. The molecule has 2 aromatic heterocycles. The Bertz CT molecular complexity index is 1280. The van der Waals surface area contributed by atoms with E-state index in [1.807, 2.05) is 47.1 Å². The Labute approximate surface area is 176 Å². The van der Waals surface area contributed by atoms with Crippen molar-refractivity contribution in [2.75, 3.05) is 10.6 Å². The van der Waals surface area contributed by atoms with Crippen LogP contribution in [0.25, 0.3) is 15.9 Å². The van der Waals surface area contributed by atoms with Crippen LogP contribution < -0.4 is 10.6 Å². The van der Waals surface area contributed by atoms with E-state index in [2.05, 4.69) is 20.7 Å². The lowest BCUT2D eigenvalue weighted by molar-refractivity contribution is -0.114. The Balaban J connectivity index is 1.44. The van der Waals surface area contributed by atoms with E-state index in [0.29, 0.717) is 16.5 Å². The van der Waals surface area contributed by atoms with E-state index >= 15 is 0 Å². The number of nitrogens with one attached hydrogen (secondary N) is 2. The first-order valence-electron chi connectivity index (χ1n) is 9.74. The lowest BCUT2D eigenvalue weighted by Crippen LogP contribution is -2.14. The largest absolute Gasteiger partial charge is 0.326 e. The number of carbonyl (C=O) groups is 2. The van der Waals surface area contributed by atoms with Crippen molar-refractivity contribution in [3.8, 4) is 5.69 Å². The first-order chi connectivity index (χ1) is 14.6. The molecule has 8 heteroatoms. The quantitative estimate of drug-likeness (QED) is 0.521. The van der Waals surface area contributed by atoms with E-state index < -0.39 is 0 Å². The third-order valence-corrected chi connectivity index (χ3v) is 6.01. The van der Waals surface area contributed by atoms with Gasteiger partial charge in [-0.05, 0) is 49.6 Å². The average Bonchev–Trinajstić information content (AvgIpc) is 3.42. The van der Waals surface area contributed by atoms with E-state index in [1.54, 1.807) is 6.07 Å². The van der Waals surface area contributed by atoms with Crippen molar-refractivity contribution in [2.45, 2.75) is 26.2 Å². The van der Waals surface area contributed by atoms with Crippen molar-refractivity contribution in [3.05, 3.63) is 65.5 Å². The van der Waals surface area contributed by atoms with E-state index in [1.165, 1.54) is 18.3 Å². The van der Waals surface area contributed by atoms with Crippen LogP contribution in [0.2, 0.25) is 0 Å². The van der Waals surface area contributed by atoms with Crippen molar-refractivity contribution in [3.63, 3.8) is 0 Å². The summed E-state index contributed by atoms with van der Waals surface area (Å²) in [6.07, 6.45) is 2.79. The maximum absolute atomic E-state index is 13.0. The molecule has 0 atom stereocenters. The van der Waals surface area contributed by atoms with Gasteiger partial charge in [0.15, 0.2) is 10.8 Å². The van der Waals surface area contributed by atoms with Gasteiger partial charge in [-0.3, -0.25) is 14.9 Å². The summed E-state index contributed by atoms with van der Waals surface area (Å²) in [5.74, 6) is -0.376. The molecule has 150 valence electrons. The molecule has 0 spiro atoms.